The van der Waals surface area contributed by atoms with Crippen LogP contribution >= 0.6 is 11.8 Å². The van der Waals surface area contributed by atoms with Crippen molar-refractivity contribution in [1.29, 1.82) is 0 Å². The Bertz CT molecular complexity index is 1030. The largest absolute Gasteiger partial charge is 0.497 e. The number of methoxy groups -OCH3 is 1. The molecule has 1 N–H and O–H groups in total. The number of hydrogen-bond acceptors (Lipinski definition) is 7. The fourth-order valence-electron chi connectivity index (χ4n) is 3.56. The van der Waals surface area contributed by atoms with Crippen LogP contribution in [0, 0.1) is 0 Å². The Kier molecular flexibility index (Phi) is 5.94. The van der Waals surface area contributed by atoms with Crippen LogP contribution in [-0.4, -0.2) is 53.4 Å². The number of carbonyl (C=O) groups is 4. The number of fused-ring (bicyclic) bond motifs is 1. The molecule has 0 radical (unpaired) electrons. The van der Waals surface area contributed by atoms with Crippen LogP contribution in [0.25, 0.3) is 0 Å². The van der Waals surface area contributed by atoms with E-state index in [-0.39, 0.29) is 36.1 Å². The minimum Gasteiger partial charge on any atom is -0.497 e. The van der Waals surface area contributed by atoms with E-state index >= 15 is 0 Å². The molecule has 1 saturated heterocycles. The first-order valence-corrected chi connectivity index (χ1v) is 10.6. The van der Waals surface area contributed by atoms with Gasteiger partial charge in [0, 0.05) is 6.54 Å². The van der Waals surface area contributed by atoms with Gasteiger partial charge in [-0.1, -0.05) is 23.9 Å². The summed E-state index contributed by atoms with van der Waals surface area (Å²) in [7, 11) is 1.54. The van der Waals surface area contributed by atoms with Gasteiger partial charge in [0.15, 0.2) is 0 Å². The van der Waals surface area contributed by atoms with Crippen LogP contribution < -0.4 is 14.8 Å². The minimum absolute atomic E-state index is 0.243. The van der Waals surface area contributed by atoms with Crippen LogP contribution in [0.3, 0.4) is 0 Å². The van der Waals surface area contributed by atoms with Gasteiger partial charge in [0.25, 0.3) is 17.1 Å². The number of carbonyl (C=O) groups excluding carboxylic acids is 4. The molecule has 0 spiro atoms. The summed E-state index contributed by atoms with van der Waals surface area (Å²) in [5.74, 6) is 0.271. The average Bonchev–Trinajstić information content (AvgIpc) is 3.21. The van der Waals surface area contributed by atoms with Gasteiger partial charge in [-0.25, -0.2) is 0 Å². The van der Waals surface area contributed by atoms with Crippen LogP contribution in [0.5, 0.6) is 11.5 Å². The highest BCUT2D eigenvalue weighted by molar-refractivity contribution is 8.15. The maximum absolute atomic E-state index is 12.4. The van der Waals surface area contributed by atoms with Gasteiger partial charge < -0.3 is 9.47 Å². The Morgan fingerprint density at radius 1 is 1.03 bits per heavy atom. The Labute approximate surface area is 182 Å². The van der Waals surface area contributed by atoms with Gasteiger partial charge in [0.2, 0.25) is 5.91 Å². The second-order valence-corrected chi connectivity index (χ2v) is 8.25. The van der Waals surface area contributed by atoms with Gasteiger partial charge in [-0.15, -0.1) is 0 Å². The molecule has 0 saturated carbocycles. The SMILES string of the molecule is COc1ccc(OCCCN2C(=O)c3ccccc3C2=O)c(C[C@H]2SC(=O)NC2=O)c1. The molecule has 2 heterocycles. The van der Waals surface area contributed by atoms with E-state index in [0.717, 1.165) is 17.3 Å². The zero-order valence-corrected chi connectivity index (χ0v) is 17.6. The van der Waals surface area contributed by atoms with E-state index in [4.69, 9.17) is 9.47 Å². The summed E-state index contributed by atoms with van der Waals surface area (Å²) < 4.78 is 11.1. The second kappa shape index (κ2) is 8.81. The van der Waals surface area contributed by atoms with Gasteiger partial charge in [-0.2, -0.15) is 0 Å². The number of amides is 4. The molecular formula is C22H20N2O6S. The lowest BCUT2D eigenvalue weighted by Crippen LogP contribution is -2.31. The Morgan fingerprint density at radius 3 is 2.35 bits per heavy atom. The van der Waals surface area contributed by atoms with Gasteiger partial charge in [0.1, 0.15) is 11.5 Å². The predicted octanol–water partition coefficient (Wildman–Crippen LogP) is 2.65. The number of nitrogens with one attached hydrogen (secondary N) is 1. The molecule has 2 aliphatic rings. The van der Waals surface area contributed by atoms with Crippen LogP contribution in [0.1, 0.15) is 32.7 Å². The fourth-order valence-corrected chi connectivity index (χ4v) is 4.40. The van der Waals surface area contributed by atoms with Gasteiger partial charge in [-0.3, -0.25) is 29.4 Å². The smallest absolute Gasteiger partial charge is 0.286 e. The molecule has 4 rings (SSSR count). The third-order valence-corrected chi connectivity index (χ3v) is 6.08. The summed E-state index contributed by atoms with van der Waals surface area (Å²) in [6.45, 7) is 0.517. The topological polar surface area (TPSA) is 102 Å². The normalized spacial score (nSPS) is 17.7. The molecule has 160 valence electrons. The van der Waals surface area contributed by atoms with Crippen molar-refractivity contribution in [3.63, 3.8) is 0 Å². The molecule has 8 nitrogen and oxygen atoms in total. The molecule has 31 heavy (non-hydrogen) atoms. The lowest BCUT2D eigenvalue weighted by atomic mass is 10.1. The highest BCUT2D eigenvalue weighted by Crippen LogP contribution is 2.30. The summed E-state index contributed by atoms with van der Waals surface area (Å²) in [5, 5.41) is 1.39. The maximum Gasteiger partial charge on any atom is 0.286 e. The fraction of sp³-hybridized carbons (Fsp3) is 0.273. The van der Waals surface area contributed by atoms with E-state index in [0.29, 0.717) is 35.5 Å². The number of imide groups is 2. The van der Waals surface area contributed by atoms with Crippen molar-refractivity contribution >= 4 is 34.7 Å². The molecule has 0 bridgehead atoms. The maximum atomic E-state index is 12.4. The molecule has 2 aliphatic heterocycles. The van der Waals surface area contributed by atoms with Crippen molar-refractivity contribution in [2.75, 3.05) is 20.3 Å². The van der Waals surface area contributed by atoms with Crippen LogP contribution in [-0.2, 0) is 11.2 Å². The van der Waals surface area contributed by atoms with Crippen molar-refractivity contribution < 1.29 is 28.7 Å². The van der Waals surface area contributed by atoms with E-state index in [1.807, 2.05) is 0 Å². The van der Waals surface area contributed by atoms with E-state index < -0.39 is 5.25 Å². The molecule has 1 atom stereocenters. The zero-order valence-electron chi connectivity index (χ0n) is 16.8. The first-order valence-electron chi connectivity index (χ1n) is 9.74. The summed E-state index contributed by atoms with van der Waals surface area (Å²) in [6, 6.07) is 12.0. The molecule has 9 heteroatoms. The number of hydrogen-bond donors (Lipinski definition) is 1. The number of ether oxygens (including phenoxy) is 2. The van der Waals surface area contributed by atoms with Crippen molar-refractivity contribution in [3.05, 3.63) is 59.2 Å². The Balaban J connectivity index is 1.38. The first-order chi connectivity index (χ1) is 15.0. The van der Waals surface area contributed by atoms with E-state index in [1.165, 1.54) is 4.90 Å². The van der Waals surface area contributed by atoms with Crippen LogP contribution in [0.4, 0.5) is 4.79 Å². The van der Waals surface area contributed by atoms with Gasteiger partial charge in [-0.05, 0) is 48.7 Å². The zero-order chi connectivity index (χ0) is 22.0. The van der Waals surface area contributed by atoms with Crippen LogP contribution in [0.2, 0.25) is 0 Å². The van der Waals surface area contributed by atoms with Gasteiger partial charge in [0.05, 0.1) is 30.1 Å². The minimum atomic E-state index is -0.527. The third kappa shape index (κ3) is 4.27. The Morgan fingerprint density at radius 2 is 1.74 bits per heavy atom. The number of benzene rings is 2. The third-order valence-electron chi connectivity index (χ3n) is 5.10. The molecule has 0 unspecified atom stereocenters. The van der Waals surface area contributed by atoms with Crippen molar-refractivity contribution in [2.45, 2.75) is 18.1 Å². The molecular weight excluding hydrogens is 420 g/mol. The molecule has 4 amide bonds. The summed E-state index contributed by atoms with van der Waals surface area (Å²) in [5.41, 5.74) is 1.59. The lowest BCUT2D eigenvalue weighted by Gasteiger charge is -2.16. The Hall–Kier alpha value is -3.33. The molecule has 0 aliphatic carbocycles. The van der Waals surface area contributed by atoms with Gasteiger partial charge >= 0.3 is 0 Å². The van der Waals surface area contributed by atoms with Crippen LogP contribution in [0.15, 0.2) is 42.5 Å². The average molecular weight is 440 g/mol. The number of rotatable bonds is 8. The summed E-state index contributed by atoms with van der Waals surface area (Å²) in [6.07, 6.45) is 0.765. The van der Waals surface area contributed by atoms with Crippen molar-refractivity contribution in [2.24, 2.45) is 0 Å². The predicted molar refractivity (Wildman–Crippen MR) is 114 cm³/mol. The molecule has 2 aromatic carbocycles. The van der Waals surface area contributed by atoms with Crippen molar-refractivity contribution in [1.82, 2.24) is 10.2 Å². The van der Waals surface area contributed by atoms with E-state index in [1.54, 1.807) is 49.6 Å². The molecule has 2 aromatic rings. The molecule has 1 fully saturated rings. The highest BCUT2D eigenvalue weighted by atomic mass is 32.2. The first kappa shape index (κ1) is 20.9. The van der Waals surface area contributed by atoms with E-state index in [2.05, 4.69) is 5.32 Å². The molecule has 0 aromatic heterocycles. The lowest BCUT2D eigenvalue weighted by molar-refractivity contribution is -0.118. The quantitative estimate of drug-likeness (QED) is 0.497. The standard InChI is InChI=1S/C22H20N2O6S/c1-29-14-7-8-17(13(11-14)12-18-19(25)23-22(28)31-18)30-10-4-9-24-20(26)15-5-2-3-6-16(15)21(24)27/h2-3,5-8,11,18H,4,9-10,12H2,1H3,(H,23,25,28)/t18-/m1/s1. The highest BCUT2D eigenvalue weighted by Gasteiger charge is 2.35. The summed E-state index contributed by atoms with van der Waals surface area (Å²) >= 11 is 0.953. The monoisotopic (exact) mass is 440 g/mol. The van der Waals surface area contributed by atoms with E-state index in [9.17, 15) is 19.2 Å². The summed E-state index contributed by atoms with van der Waals surface area (Å²) in [4.78, 5) is 49.5. The second-order valence-electron chi connectivity index (χ2n) is 7.07. The number of thioether (sulfide) groups is 1. The number of nitrogens with zero attached hydrogens (tertiary/aromatic N) is 1. The van der Waals surface area contributed by atoms with Crippen molar-refractivity contribution in [3.8, 4) is 11.5 Å².